The molecule has 2 rings (SSSR count). The Kier molecular flexibility index (Phi) is 5.93. The molecule has 1 aliphatic heterocycles. The van der Waals surface area contributed by atoms with Crippen molar-refractivity contribution in [3.8, 4) is 0 Å². The fraction of sp³-hybridized carbons (Fsp3) is 1.00. The van der Waals surface area contributed by atoms with Crippen molar-refractivity contribution in [2.24, 2.45) is 11.8 Å². The molecular weight excluding hydrogens is 226 g/mol. The molecule has 3 nitrogen and oxygen atoms in total. The molecule has 0 aromatic rings. The van der Waals surface area contributed by atoms with Crippen LogP contribution in [-0.4, -0.2) is 38.5 Å². The second-order valence-corrected chi connectivity index (χ2v) is 5.83. The van der Waals surface area contributed by atoms with Crippen molar-refractivity contribution in [2.75, 3.05) is 26.4 Å². The average molecular weight is 255 g/mol. The molecule has 106 valence electrons. The smallest absolute Gasteiger partial charge is 0.0580 e. The first-order valence-corrected chi connectivity index (χ1v) is 7.76. The highest BCUT2D eigenvalue weighted by atomic mass is 16.5. The Hall–Kier alpha value is -0.120. The quantitative estimate of drug-likeness (QED) is 0.723. The Morgan fingerprint density at radius 2 is 2.17 bits per heavy atom. The first-order valence-electron chi connectivity index (χ1n) is 7.76. The average Bonchev–Trinajstić information content (AvgIpc) is 2.84. The standard InChI is InChI=1S/C15H29NO2/c1-3-6-16-15(13-5-7-17-11-13)10-12-8-14(9-12)18-4-2/h12-16H,3-11H2,1-2H3. The van der Waals surface area contributed by atoms with Gasteiger partial charge in [-0.15, -0.1) is 0 Å². The minimum Gasteiger partial charge on any atom is -0.381 e. The number of rotatable bonds is 8. The lowest BCUT2D eigenvalue weighted by molar-refractivity contribution is -0.0308. The normalized spacial score (nSPS) is 33.3. The van der Waals surface area contributed by atoms with Crippen molar-refractivity contribution < 1.29 is 9.47 Å². The van der Waals surface area contributed by atoms with Crippen LogP contribution < -0.4 is 5.32 Å². The lowest BCUT2D eigenvalue weighted by Gasteiger charge is -2.38. The van der Waals surface area contributed by atoms with Crippen LogP contribution in [0.4, 0.5) is 0 Å². The lowest BCUT2D eigenvalue weighted by Crippen LogP contribution is -2.42. The van der Waals surface area contributed by atoms with E-state index < -0.39 is 0 Å². The minimum absolute atomic E-state index is 0.548. The van der Waals surface area contributed by atoms with Gasteiger partial charge in [0, 0.05) is 19.3 Å². The summed E-state index contributed by atoms with van der Waals surface area (Å²) in [5.41, 5.74) is 0. The third kappa shape index (κ3) is 3.94. The summed E-state index contributed by atoms with van der Waals surface area (Å²) < 4.78 is 11.2. The minimum atomic E-state index is 0.548. The maximum absolute atomic E-state index is 5.65. The summed E-state index contributed by atoms with van der Waals surface area (Å²) in [7, 11) is 0. The van der Waals surface area contributed by atoms with Gasteiger partial charge < -0.3 is 14.8 Å². The number of hydrogen-bond acceptors (Lipinski definition) is 3. The first kappa shape index (κ1) is 14.3. The molecule has 0 aromatic heterocycles. The first-order chi connectivity index (χ1) is 8.83. The van der Waals surface area contributed by atoms with E-state index >= 15 is 0 Å². The zero-order valence-corrected chi connectivity index (χ0v) is 12.0. The fourth-order valence-electron chi connectivity index (χ4n) is 3.24. The molecule has 1 saturated carbocycles. The van der Waals surface area contributed by atoms with Gasteiger partial charge in [0.25, 0.3) is 0 Å². The monoisotopic (exact) mass is 255 g/mol. The van der Waals surface area contributed by atoms with E-state index in [9.17, 15) is 0 Å². The highest BCUT2D eigenvalue weighted by molar-refractivity contribution is 4.88. The summed E-state index contributed by atoms with van der Waals surface area (Å²) in [5.74, 6) is 1.61. The summed E-state index contributed by atoms with van der Waals surface area (Å²) >= 11 is 0. The SMILES string of the molecule is CCCNC(CC1CC(OCC)C1)C1CCOC1. The molecule has 2 aliphatic rings. The van der Waals surface area contributed by atoms with Crippen molar-refractivity contribution in [1.82, 2.24) is 5.32 Å². The third-order valence-electron chi connectivity index (χ3n) is 4.37. The molecule has 18 heavy (non-hydrogen) atoms. The van der Waals surface area contributed by atoms with Gasteiger partial charge in [0.2, 0.25) is 0 Å². The fourth-order valence-corrected chi connectivity index (χ4v) is 3.24. The third-order valence-corrected chi connectivity index (χ3v) is 4.37. The van der Waals surface area contributed by atoms with Gasteiger partial charge in [-0.2, -0.15) is 0 Å². The van der Waals surface area contributed by atoms with Crippen molar-refractivity contribution in [3.05, 3.63) is 0 Å². The molecule has 2 fully saturated rings. The highest BCUT2D eigenvalue weighted by Gasteiger charge is 2.34. The molecule has 0 spiro atoms. The van der Waals surface area contributed by atoms with E-state index in [1.54, 1.807) is 0 Å². The van der Waals surface area contributed by atoms with Crippen LogP contribution in [0.15, 0.2) is 0 Å². The van der Waals surface area contributed by atoms with Crippen LogP contribution in [0, 0.1) is 11.8 Å². The van der Waals surface area contributed by atoms with Crippen LogP contribution in [0.5, 0.6) is 0 Å². The summed E-state index contributed by atoms with van der Waals surface area (Å²) in [6.45, 7) is 8.26. The maximum Gasteiger partial charge on any atom is 0.0580 e. The van der Waals surface area contributed by atoms with Crippen LogP contribution >= 0.6 is 0 Å². The number of ether oxygens (including phenoxy) is 2. The Morgan fingerprint density at radius 1 is 1.33 bits per heavy atom. The van der Waals surface area contributed by atoms with E-state index in [0.29, 0.717) is 12.1 Å². The molecule has 1 aliphatic carbocycles. The van der Waals surface area contributed by atoms with Crippen LogP contribution in [-0.2, 0) is 9.47 Å². The summed E-state index contributed by atoms with van der Waals surface area (Å²) in [5, 5.41) is 3.74. The molecule has 2 unspecified atom stereocenters. The lowest BCUT2D eigenvalue weighted by atomic mass is 9.76. The van der Waals surface area contributed by atoms with Gasteiger partial charge in [-0.1, -0.05) is 6.92 Å². The predicted octanol–water partition coefficient (Wildman–Crippen LogP) is 2.60. The Labute approximate surface area is 112 Å². The highest BCUT2D eigenvalue weighted by Crippen LogP contribution is 2.35. The van der Waals surface area contributed by atoms with Gasteiger partial charge in [-0.3, -0.25) is 0 Å². The van der Waals surface area contributed by atoms with Crippen LogP contribution in [0.1, 0.15) is 46.0 Å². The molecule has 2 atom stereocenters. The van der Waals surface area contributed by atoms with Crippen molar-refractivity contribution >= 4 is 0 Å². The summed E-state index contributed by atoms with van der Waals surface area (Å²) in [4.78, 5) is 0. The Morgan fingerprint density at radius 3 is 2.78 bits per heavy atom. The Bertz CT molecular complexity index is 223. The van der Waals surface area contributed by atoms with E-state index in [1.807, 2.05) is 0 Å². The van der Waals surface area contributed by atoms with E-state index in [1.165, 1.54) is 32.1 Å². The zero-order valence-electron chi connectivity index (χ0n) is 12.0. The molecule has 0 amide bonds. The molecule has 1 heterocycles. The zero-order chi connectivity index (χ0) is 12.8. The summed E-state index contributed by atoms with van der Waals surface area (Å²) in [6, 6.07) is 0.667. The van der Waals surface area contributed by atoms with Gasteiger partial charge in [-0.25, -0.2) is 0 Å². The van der Waals surface area contributed by atoms with Crippen LogP contribution in [0.2, 0.25) is 0 Å². The molecule has 0 bridgehead atoms. The van der Waals surface area contributed by atoms with E-state index in [2.05, 4.69) is 19.2 Å². The van der Waals surface area contributed by atoms with Gasteiger partial charge in [0.1, 0.15) is 0 Å². The molecule has 0 aromatic carbocycles. The van der Waals surface area contributed by atoms with Crippen LogP contribution in [0.3, 0.4) is 0 Å². The van der Waals surface area contributed by atoms with Crippen molar-refractivity contribution in [1.29, 1.82) is 0 Å². The number of nitrogens with one attached hydrogen (secondary N) is 1. The van der Waals surface area contributed by atoms with Crippen molar-refractivity contribution in [3.63, 3.8) is 0 Å². The Balaban J connectivity index is 1.71. The molecule has 1 N–H and O–H groups in total. The molecule has 1 saturated heterocycles. The van der Waals surface area contributed by atoms with Crippen LogP contribution in [0.25, 0.3) is 0 Å². The van der Waals surface area contributed by atoms with E-state index in [0.717, 1.165) is 38.2 Å². The number of hydrogen-bond donors (Lipinski definition) is 1. The van der Waals surface area contributed by atoms with Gasteiger partial charge in [-0.05, 0) is 57.4 Å². The molecular formula is C15H29NO2. The molecule has 3 heteroatoms. The second-order valence-electron chi connectivity index (χ2n) is 5.83. The second kappa shape index (κ2) is 7.46. The van der Waals surface area contributed by atoms with E-state index in [-0.39, 0.29) is 0 Å². The van der Waals surface area contributed by atoms with Crippen molar-refractivity contribution in [2.45, 2.75) is 58.1 Å². The summed E-state index contributed by atoms with van der Waals surface area (Å²) in [6.07, 6.45) is 6.86. The largest absolute Gasteiger partial charge is 0.381 e. The maximum atomic E-state index is 5.65. The van der Waals surface area contributed by atoms with E-state index in [4.69, 9.17) is 9.47 Å². The van der Waals surface area contributed by atoms with Gasteiger partial charge >= 0.3 is 0 Å². The topological polar surface area (TPSA) is 30.5 Å². The van der Waals surface area contributed by atoms with Gasteiger partial charge in [0.05, 0.1) is 12.7 Å². The van der Waals surface area contributed by atoms with Gasteiger partial charge in [0.15, 0.2) is 0 Å². The molecule has 0 radical (unpaired) electrons. The predicted molar refractivity (Wildman–Crippen MR) is 73.8 cm³/mol.